The standard InChI is InChI=1S/C18H15BrF3N3O2/c19-14-5-2-6-15(23-14)24-17(27)12-8-16(26)25(10-12)9-11-3-1-4-13(7-11)18(20,21)22/h1-7,12H,8-10H2,(H,23,24,27)/t12-/m1/s1. The van der Waals surface area contributed by atoms with Crippen LogP contribution in [0.15, 0.2) is 47.1 Å². The van der Waals surface area contributed by atoms with Gasteiger partial charge in [-0.1, -0.05) is 18.2 Å². The zero-order valence-electron chi connectivity index (χ0n) is 14.0. The Bertz CT molecular complexity index is 873. The van der Waals surface area contributed by atoms with Gasteiger partial charge in [0.2, 0.25) is 11.8 Å². The maximum atomic E-state index is 12.8. The number of amides is 2. The van der Waals surface area contributed by atoms with Gasteiger partial charge in [-0.25, -0.2) is 4.98 Å². The molecule has 1 aliphatic rings. The summed E-state index contributed by atoms with van der Waals surface area (Å²) in [6, 6.07) is 9.89. The average molecular weight is 442 g/mol. The first kappa shape index (κ1) is 19.3. The van der Waals surface area contributed by atoms with Crippen LogP contribution in [-0.2, 0) is 22.3 Å². The molecule has 1 atom stereocenters. The van der Waals surface area contributed by atoms with E-state index in [1.165, 1.54) is 17.0 Å². The summed E-state index contributed by atoms with van der Waals surface area (Å²) in [4.78, 5) is 30.0. The molecule has 0 radical (unpaired) electrons. The number of hydrogen-bond acceptors (Lipinski definition) is 3. The molecule has 1 saturated heterocycles. The number of carbonyl (C=O) groups excluding carboxylic acids is 2. The van der Waals surface area contributed by atoms with Crippen molar-refractivity contribution in [2.75, 3.05) is 11.9 Å². The van der Waals surface area contributed by atoms with Crippen LogP contribution >= 0.6 is 15.9 Å². The minimum Gasteiger partial charge on any atom is -0.338 e. The predicted octanol–water partition coefficient (Wildman–Crippen LogP) is 3.85. The first-order valence-electron chi connectivity index (χ1n) is 8.10. The van der Waals surface area contributed by atoms with Crippen LogP contribution in [-0.4, -0.2) is 28.2 Å². The molecule has 2 amide bonds. The number of likely N-dealkylation sites (tertiary alicyclic amines) is 1. The van der Waals surface area contributed by atoms with Crippen molar-refractivity contribution < 1.29 is 22.8 Å². The molecular formula is C18H15BrF3N3O2. The smallest absolute Gasteiger partial charge is 0.338 e. The maximum Gasteiger partial charge on any atom is 0.416 e. The van der Waals surface area contributed by atoms with Crippen LogP contribution in [0.4, 0.5) is 19.0 Å². The summed E-state index contributed by atoms with van der Waals surface area (Å²) >= 11 is 3.21. The van der Waals surface area contributed by atoms with E-state index in [0.29, 0.717) is 16.0 Å². The molecular weight excluding hydrogens is 427 g/mol. The number of pyridine rings is 1. The predicted molar refractivity (Wildman–Crippen MR) is 95.5 cm³/mol. The van der Waals surface area contributed by atoms with Crippen molar-refractivity contribution in [3.8, 4) is 0 Å². The molecule has 2 heterocycles. The summed E-state index contributed by atoms with van der Waals surface area (Å²) in [5, 5.41) is 2.65. The molecule has 0 unspecified atom stereocenters. The molecule has 142 valence electrons. The molecule has 1 aliphatic heterocycles. The highest BCUT2D eigenvalue weighted by Gasteiger charge is 2.35. The molecule has 27 heavy (non-hydrogen) atoms. The van der Waals surface area contributed by atoms with Crippen LogP contribution < -0.4 is 5.32 Å². The number of carbonyl (C=O) groups is 2. The molecule has 1 N–H and O–H groups in total. The number of rotatable bonds is 4. The quantitative estimate of drug-likeness (QED) is 0.732. The van der Waals surface area contributed by atoms with Crippen LogP contribution in [0.25, 0.3) is 0 Å². The van der Waals surface area contributed by atoms with Gasteiger partial charge in [0.1, 0.15) is 10.4 Å². The number of nitrogens with zero attached hydrogens (tertiary/aromatic N) is 2. The highest BCUT2D eigenvalue weighted by Crippen LogP contribution is 2.30. The lowest BCUT2D eigenvalue weighted by atomic mass is 10.1. The minimum atomic E-state index is -4.44. The lowest BCUT2D eigenvalue weighted by molar-refractivity contribution is -0.137. The molecule has 3 rings (SSSR count). The summed E-state index contributed by atoms with van der Waals surface area (Å²) in [5.74, 6) is -0.836. The molecule has 0 saturated carbocycles. The van der Waals surface area contributed by atoms with Crippen LogP contribution in [0, 0.1) is 5.92 Å². The molecule has 1 aromatic carbocycles. The van der Waals surface area contributed by atoms with Gasteiger partial charge in [-0.3, -0.25) is 9.59 Å². The van der Waals surface area contributed by atoms with E-state index in [9.17, 15) is 22.8 Å². The van der Waals surface area contributed by atoms with E-state index in [1.807, 2.05) is 0 Å². The molecule has 0 spiro atoms. The molecule has 1 aromatic heterocycles. The van der Waals surface area contributed by atoms with E-state index in [2.05, 4.69) is 26.2 Å². The van der Waals surface area contributed by atoms with Crippen LogP contribution in [0.5, 0.6) is 0 Å². The zero-order chi connectivity index (χ0) is 19.6. The fraction of sp³-hybridized carbons (Fsp3) is 0.278. The Morgan fingerprint density at radius 3 is 2.70 bits per heavy atom. The zero-order valence-corrected chi connectivity index (χ0v) is 15.5. The first-order valence-corrected chi connectivity index (χ1v) is 8.89. The second kappa shape index (κ2) is 7.67. The lowest BCUT2D eigenvalue weighted by Crippen LogP contribution is -2.28. The van der Waals surface area contributed by atoms with Gasteiger partial charge in [-0.2, -0.15) is 13.2 Å². The maximum absolute atomic E-state index is 12.8. The van der Waals surface area contributed by atoms with Gasteiger partial charge in [0.15, 0.2) is 0 Å². The van der Waals surface area contributed by atoms with Crippen molar-refractivity contribution >= 4 is 33.6 Å². The van der Waals surface area contributed by atoms with E-state index in [1.54, 1.807) is 18.2 Å². The van der Waals surface area contributed by atoms with Gasteiger partial charge in [-0.15, -0.1) is 0 Å². The van der Waals surface area contributed by atoms with Gasteiger partial charge in [0, 0.05) is 19.5 Å². The summed E-state index contributed by atoms with van der Waals surface area (Å²) in [7, 11) is 0. The average Bonchev–Trinajstić information content (AvgIpc) is 2.95. The fourth-order valence-electron chi connectivity index (χ4n) is 2.87. The van der Waals surface area contributed by atoms with Gasteiger partial charge < -0.3 is 10.2 Å². The Morgan fingerprint density at radius 1 is 1.26 bits per heavy atom. The number of nitrogens with one attached hydrogen (secondary N) is 1. The number of alkyl halides is 3. The third-order valence-electron chi connectivity index (χ3n) is 4.18. The van der Waals surface area contributed by atoms with Crippen molar-refractivity contribution in [1.82, 2.24) is 9.88 Å². The summed E-state index contributed by atoms with van der Waals surface area (Å²) in [6.45, 7) is 0.177. The molecule has 1 fully saturated rings. The second-order valence-corrected chi connectivity index (χ2v) is 7.02. The first-order chi connectivity index (χ1) is 12.7. The number of benzene rings is 1. The summed E-state index contributed by atoms with van der Waals surface area (Å²) in [6.07, 6.45) is -4.43. The number of anilines is 1. The van der Waals surface area contributed by atoms with Crippen LogP contribution in [0.3, 0.4) is 0 Å². The minimum absolute atomic E-state index is 0.0127. The Morgan fingerprint density at radius 2 is 2.00 bits per heavy atom. The number of aromatic nitrogens is 1. The monoisotopic (exact) mass is 441 g/mol. The van der Waals surface area contributed by atoms with E-state index in [-0.39, 0.29) is 31.3 Å². The van der Waals surface area contributed by atoms with Crippen molar-refractivity contribution in [2.45, 2.75) is 19.1 Å². The van der Waals surface area contributed by atoms with Crippen molar-refractivity contribution in [2.24, 2.45) is 5.92 Å². The van der Waals surface area contributed by atoms with Crippen LogP contribution in [0.1, 0.15) is 17.5 Å². The Balaban J connectivity index is 1.64. The van der Waals surface area contributed by atoms with Gasteiger partial charge in [0.25, 0.3) is 0 Å². The molecule has 0 aliphatic carbocycles. The van der Waals surface area contributed by atoms with Gasteiger partial charge in [-0.05, 0) is 45.8 Å². The fourth-order valence-corrected chi connectivity index (χ4v) is 3.22. The molecule has 2 aromatic rings. The van der Waals surface area contributed by atoms with Gasteiger partial charge in [0.05, 0.1) is 11.5 Å². The molecule has 0 bridgehead atoms. The van der Waals surface area contributed by atoms with E-state index < -0.39 is 17.7 Å². The summed E-state index contributed by atoms with van der Waals surface area (Å²) < 4.78 is 39.0. The number of halogens is 4. The third-order valence-corrected chi connectivity index (χ3v) is 4.62. The Kier molecular flexibility index (Phi) is 5.50. The highest BCUT2D eigenvalue weighted by molar-refractivity contribution is 9.10. The number of hydrogen-bond donors (Lipinski definition) is 1. The third kappa shape index (κ3) is 4.85. The molecule has 9 heteroatoms. The topological polar surface area (TPSA) is 62.3 Å². The van der Waals surface area contributed by atoms with Crippen molar-refractivity contribution in [1.29, 1.82) is 0 Å². The lowest BCUT2D eigenvalue weighted by Gasteiger charge is -2.17. The Labute approximate surface area is 161 Å². The Hall–Kier alpha value is -2.42. The van der Waals surface area contributed by atoms with Gasteiger partial charge >= 0.3 is 6.18 Å². The SMILES string of the molecule is O=C(Nc1cccc(Br)n1)[C@@H]1CC(=O)N(Cc2cccc(C(F)(F)F)c2)C1. The largest absolute Gasteiger partial charge is 0.416 e. The second-order valence-electron chi connectivity index (χ2n) is 6.21. The van der Waals surface area contributed by atoms with Crippen molar-refractivity contribution in [3.63, 3.8) is 0 Å². The van der Waals surface area contributed by atoms with Crippen molar-refractivity contribution in [3.05, 3.63) is 58.2 Å². The van der Waals surface area contributed by atoms with E-state index >= 15 is 0 Å². The van der Waals surface area contributed by atoms with E-state index in [0.717, 1.165) is 12.1 Å². The highest BCUT2D eigenvalue weighted by atomic mass is 79.9. The normalized spacial score (nSPS) is 17.3. The van der Waals surface area contributed by atoms with Crippen LogP contribution in [0.2, 0.25) is 0 Å². The summed E-state index contributed by atoms with van der Waals surface area (Å²) in [5.41, 5.74) is -0.394. The molecule has 5 nitrogen and oxygen atoms in total. The van der Waals surface area contributed by atoms with E-state index in [4.69, 9.17) is 0 Å².